The second kappa shape index (κ2) is 12.3. The van der Waals surface area contributed by atoms with Crippen molar-refractivity contribution in [2.24, 2.45) is 0 Å². The Labute approximate surface area is 279 Å². The summed E-state index contributed by atoms with van der Waals surface area (Å²) >= 11 is 0. The van der Waals surface area contributed by atoms with E-state index in [1.807, 2.05) is 0 Å². The lowest BCUT2D eigenvalue weighted by atomic mass is 9.70. The first kappa shape index (κ1) is 29.5. The van der Waals surface area contributed by atoms with Gasteiger partial charge >= 0.3 is 0 Å². The van der Waals surface area contributed by atoms with Crippen LogP contribution < -0.4 is 0 Å². The number of rotatable bonds is 8. The van der Waals surface area contributed by atoms with Crippen LogP contribution in [0.3, 0.4) is 0 Å². The third kappa shape index (κ3) is 5.17. The Bertz CT molecular complexity index is 2180. The van der Waals surface area contributed by atoms with E-state index in [4.69, 9.17) is 0 Å². The molecule has 2 aliphatic carbocycles. The Morgan fingerprint density at radius 1 is 0.532 bits per heavy atom. The van der Waals surface area contributed by atoms with E-state index in [2.05, 4.69) is 159 Å². The zero-order chi connectivity index (χ0) is 31.8. The van der Waals surface area contributed by atoms with Crippen LogP contribution in [0, 0.1) is 0 Å². The van der Waals surface area contributed by atoms with E-state index in [0.717, 1.165) is 0 Å². The minimum atomic E-state index is 0.0448. The fourth-order valence-electron chi connectivity index (χ4n) is 8.14. The third-order valence-electron chi connectivity index (χ3n) is 10.6. The first-order valence-corrected chi connectivity index (χ1v) is 17.6. The van der Waals surface area contributed by atoms with Gasteiger partial charge in [-0.15, -0.1) is 0 Å². The molecule has 0 saturated heterocycles. The summed E-state index contributed by atoms with van der Waals surface area (Å²) in [4.78, 5) is 0. The van der Waals surface area contributed by atoms with Gasteiger partial charge < -0.3 is 0 Å². The molecule has 47 heavy (non-hydrogen) atoms. The average Bonchev–Trinajstić information content (AvgIpc) is 3.48. The summed E-state index contributed by atoms with van der Waals surface area (Å²) in [5.41, 5.74) is 13.3. The van der Waals surface area contributed by atoms with Crippen molar-refractivity contribution in [1.29, 1.82) is 0 Å². The molecule has 0 N–H and O–H groups in total. The Morgan fingerprint density at radius 3 is 1.94 bits per heavy atom. The topological polar surface area (TPSA) is 0 Å². The van der Waals surface area contributed by atoms with E-state index >= 15 is 0 Å². The van der Waals surface area contributed by atoms with Crippen molar-refractivity contribution in [2.45, 2.75) is 57.8 Å². The van der Waals surface area contributed by atoms with Gasteiger partial charge in [-0.2, -0.15) is 0 Å². The SMILES string of the molecule is CCCCC1(CCCC)/C=C/C(c2ccc3cc(-c4ccc5c6c(cccc46)-c4ccccc4-5)ccc3c2)=C\C=C\c2ccccc21. The molecule has 6 aromatic rings. The van der Waals surface area contributed by atoms with Gasteiger partial charge in [0.25, 0.3) is 0 Å². The lowest BCUT2D eigenvalue weighted by Gasteiger charge is -2.33. The number of hydrogen-bond donors (Lipinski definition) is 0. The van der Waals surface area contributed by atoms with Crippen LogP contribution >= 0.6 is 0 Å². The first-order chi connectivity index (χ1) is 23.2. The van der Waals surface area contributed by atoms with Gasteiger partial charge in [0.1, 0.15) is 0 Å². The van der Waals surface area contributed by atoms with E-state index in [-0.39, 0.29) is 5.41 Å². The highest BCUT2D eigenvalue weighted by Crippen LogP contribution is 2.49. The van der Waals surface area contributed by atoms with Crippen molar-refractivity contribution in [3.63, 3.8) is 0 Å². The molecule has 2 aliphatic rings. The molecule has 0 nitrogen and oxygen atoms in total. The molecule has 0 spiro atoms. The number of hydrogen-bond acceptors (Lipinski definition) is 0. The summed E-state index contributed by atoms with van der Waals surface area (Å²) in [6.07, 6.45) is 19.1. The molecule has 0 saturated carbocycles. The van der Waals surface area contributed by atoms with Gasteiger partial charge in [0.2, 0.25) is 0 Å². The molecule has 230 valence electrons. The molecule has 0 radical (unpaired) electrons. The maximum atomic E-state index is 2.55. The number of unbranched alkanes of at least 4 members (excludes halogenated alkanes) is 2. The predicted octanol–water partition coefficient (Wildman–Crippen LogP) is 13.6. The van der Waals surface area contributed by atoms with Crippen LogP contribution in [-0.2, 0) is 5.41 Å². The maximum absolute atomic E-state index is 2.55. The maximum Gasteiger partial charge on any atom is 0.0141 e. The molecule has 0 heteroatoms. The quantitative estimate of drug-likeness (QED) is 0.161. The molecular formula is C47H42. The van der Waals surface area contributed by atoms with Crippen LogP contribution in [0.5, 0.6) is 0 Å². The van der Waals surface area contributed by atoms with E-state index in [0.29, 0.717) is 0 Å². The highest BCUT2D eigenvalue weighted by atomic mass is 14.3. The van der Waals surface area contributed by atoms with Gasteiger partial charge in [0, 0.05) is 5.41 Å². The van der Waals surface area contributed by atoms with Crippen LogP contribution in [0.2, 0.25) is 0 Å². The van der Waals surface area contributed by atoms with E-state index in [1.54, 1.807) is 0 Å². The molecule has 0 aromatic heterocycles. The summed E-state index contributed by atoms with van der Waals surface area (Å²) in [6.45, 7) is 4.63. The average molecular weight is 607 g/mol. The molecule has 6 aromatic carbocycles. The number of benzene rings is 6. The van der Waals surface area contributed by atoms with Crippen LogP contribution in [0.15, 0.2) is 140 Å². The Morgan fingerprint density at radius 2 is 1.17 bits per heavy atom. The second-order valence-corrected chi connectivity index (χ2v) is 13.5. The minimum Gasteiger partial charge on any atom is -0.0733 e. The summed E-state index contributed by atoms with van der Waals surface area (Å²) < 4.78 is 0. The molecule has 0 heterocycles. The van der Waals surface area contributed by atoms with Gasteiger partial charge in [-0.05, 0) is 102 Å². The van der Waals surface area contributed by atoms with Crippen LogP contribution in [0.25, 0.3) is 66.6 Å². The van der Waals surface area contributed by atoms with Gasteiger partial charge in [-0.3, -0.25) is 0 Å². The van der Waals surface area contributed by atoms with E-state index in [1.165, 1.54) is 116 Å². The van der Waals surface area contributed by atoms with Crippen LogP contribution in [0.4, 0.5) is 0 Å². The largest absolute Gasteiger partial charge is 0.0733 e. The Balaban J connectivity index is 1.17. The Hall–Kier alpha value is -4.94. The predicted molar refractivity (Wildman–Crippen MR) is 205 cm³/mol. The Kier molecular flexibility index (Phi) is 7.74. The fourth-order valence-corrected chi connectivity index (χ4v) is 8.14. The van der Waals surface area contributed by atoms with Crippen molar-refractivity contribution in [1.82, 2.24) is 0 Å². The van der Waals surface area contributed by atoms with Crippen molar-refractivity contribution < 1.29 is 0 Å². The van der Waals surface area contributed by atoms with Crippen LogP contribution in [0.1, 0.15) is 69.1 Å². The minimum absolute atomic E-state index is 0.0448. The van der Waals surface area contributed by atoms with Crippen molar-refractivity contribution in [3.05, 3.63) is 156 Å². The summed E-state index contributed by atoms with van der Waals surface area (Å²) in [7, 11) is 0. The number of allylic oxidation sites excluding steroid dienone is 5. The third-order valence-corrected chi connectivity index (χ3v) is 10.6. The first-order valence-electron chi connectivity index (χ1n) is 17.6. The zero-order valence-corrected chi connectivity index (χ0v) is 27.6. The van der Waals surface area contributed by atoms with Crippen molar-refractivity contribution >= 4 is 33.2 Å². The lowest BCUT2D eigenvalue weighted by molar-refractivity contribution is 0.419. The second-order valence-electron chi connectivity index (χ2n) is 13.5. The molecule has 0 fully saturated rings. The summed E-state index contributed by atoms with van der Waals surface area (Å²) in [6, 6.07) is 43.3. The van der Waals surface area contributed by atoms with Gasteiger partial charge in [-0.25, -0.2) is 0 Å². The van der Waals surface area contributed by atoms with E-state index in [9.17, 15) is 0 Å². The monoisotopic (exact) mass is 606 g/mol. The molecule has 0 aliphatic heterocycles. The molecule has 0 bridgehead atoms. The van der Waals surface area contributed by atoms with Crippen LogP contribution in [-0.4, -0.2) is 0 Å². The molecule has 8 rings (SSSR count). The molecule has 0 unspecified atom stereocenters. The van der Waals surface area contributed by atoms with Gasteiger partial charge in [-0.1, -0.05) is 173 Å². The van der Waals surface area contributed by atoms with Crippen molar-refractivity contribution in [3.8, 4) is 33.4 Å². The molecule has 0 atom stereocenters. The highest BCUT2D eigenvalue weighted by Gasteiger charge is 2.30. The van der Waals surface area contributed by atoms with Crippen molar-refractivity contribution in [2.75, 3.05) is 0 Å². The smallest absolute Gasteiger partial charge is 0.0141 e. The molecule has 0 amide bonds. The zero-order valence-electron chi connectivity index (χ0n) is 27.6. The number of fused-ring (bicyclic) bond motifs is 5. The summed E-state index contributed by atoms with van der Waals surface area (Å²) in [5.74, 6) is 0. The summed E-state index contributed by atoms with van der Waals surface area (Å²) in [5, 5.41) is 5.25. The lowest BCUT2D eigenvalue weighted by Crippen LogP contribution is -2.25. The van der Waals surface area contributed by atoms with Gasteiger partial charge in [0.15, 0.2) is 0 Å². The highest BCUT2D eigenvalue weighted by molar-refractivity contribution is 6.18. The standard InChI is InChI=1S/C47H42/c1-3-5-28-47(29-6-4-2)30-27-33(14-11-15-34-13-7-10-20-45(34)47)35-21-22-37-32-38(24-23-36(37)31-35)39-25-26-44-41-17-9-8-16-40(41)43-19-12-18-42(39)46(43)44/h7-27,30-32H,3-6,28-29H2,1-2H3/b15-11+,30-27+,33-14+. The fraction of sp³-hybridized carbons (Fsp3) is 0.191. The normalized spacial score (nSPS) is 16.9. The molecular weight excluding hydrogens is 565 g/mol. The van der Waals surface area contributed by atoms with E-state index < -0.39 is 0 Å². The van der Waals surface area contributed by atoms with Gasteiger partial charge in [0.05, 0.1) is 0 Å².